The molecule has 100 valence electrons. The Morgan fingerprint density at radius 2 is 2.11 bits per heavy atom. The van der Waals surface area contributed by atoms with Gasteiger partial charge < -0.3 is 15.4 Å². The van der Waals surface area contributed by atoms with Crippen molar-refractivity contribution < 1.29 is 13.5 Å². The van der Waals surface area contributed by atoms with Crippen molar-refractivity contribution in [3.8, 4) is 0 Å². The highest BCUT2D eigenvalue weighted by atomic mass is 32.1. The number of rotatable bonds is 5. The Labute approximate surface area is 111 Å². The van der Waals surface area contributed by atoms with Gasteiger partial charge in [-0.2, -0.15) is 0 Å². The second-order valence-corrected chi connectivity index (χ2v) is 4.34. The van der Waals surface area contributed by atoms with Gasteiger partial charge in [-0.25, -0.2) is 8.78 Å². The Kier molecular flexibility index (Phi) is 5.94. The molecule has 0 fully saturated rings. The second-order valence-electron chi connectivity index (χ2n) is 3.93. The third kappa shape index (κ3) is 4.93. The number of thiocarbonyl (C=S) groups is 1. The summed E-state index contributed by atoms with van der Waals surface area (Å²) in [6.07, 6.45) is 0. The van der Waals surface area contributed by atoms with E-state index in [9.17, 15) is 8.78 Å². The molecule has 1 aromatic carbocycles. The van der Waals surface area contributed by atoms with Gasteiger partial charge in [-0.1, -0.05) is 6.07 Å². The van der Waals surface area contributed by atoms with Crippen molar-refractivity contribution in [2.45, 2.75) is 19.5 Å². The molecule has 18 heavy (non-hydrogen) atoms. The minimum Gasteiger partial charge on any atom is -0.383 e. The molecule has 0 spiro atoms. The number of methoxy groups -OCH3 is 1. The number of hydrogen-bond donors (Lipinski definition) is 2. The zero-order valence-electron chi connectivity index (χ0n) is 10.3. The molecule has 0 aliphatic carbocycles. The van der Waals surface area contributed by atoms with E-state index in [4.69, 9.17) is 17.0 Å². The third-order valence-electron chi connectivity index (χ3n) is 2.23. The molecule has 0 bridgehead atoms. The molecule has 0 aliphatic rings. The fraction of sp³-hybridized carbons (Fsp3) is 0.417. The highest BCUT2D eigenvalue weighted by Crippen LogP contribution is 2.08. The lowest BCUT2D eigenvalue weighted by Gasteiger charge is -2.16. The lowest BCUT2D eigenvalue weighted by Crippen LogP contribution is -2.42. The molecule has 0 amide bonds. The molecule has 0 radical (unpaired) electrons. The summed E-state index contributed by atoms with van der Waals surface area (Å²) in [5.41, 5.74) is 0.623. The van der Waals surface area contributed by atoms with Gasteiger partial charge in [0.25, 0.3) is 0 Å². The minimum absolute atomic E-state index is 0.0833. The Morgan fingerprint density at radius 1 is 1.39 bits per heavy atom. The zero-order chi connectivity index (χ0) is 13.5. The van der Waals surface area contributed by atoms with Crippen molar-refractivity contribution in [2.24, 2.45) is 0 Å². The smallest absolute Gasteiger partial charge is 0.166 e. The van der Waals surface area contributed by atoms with Gasteiger partial charge in [0.1, 0.15) is 0 Å². The van der Waals surface area contributed by atoms with Crippen LogP contribution in [0, 0.1) is 11.6 Å². The van der Waals surface area contributed by atoms with Crippen molar-refractivity contribution in [1.29, 1.82) is 0 Å². The van der Waals surface area contributed by atoms with E-state index in [0.29, 0.717) is 23.8 Å². The SMILES string of the molecule is COCC(C)NC(=S)NCc1ccc(F)c(F)c1. The molecule has 0 heterocycles. The number of nitrogens with one attached hydrogen (secondary N) is 2. The summed E-state index contributed by atoms with van der Waals surface area (Å²) >= 11 is 5.06. The van der Waals surface area contributed by atoms with Crippen molar-refractivity contribution >= 4 is 17.3 Å². The molecule has 1 rings (SSSR count). The molecule has 0 aromatic heterocycles. The van der Waals surface area contributed by atoms with Crippen LogP contribution in [0.4, 0.5) is 8.78 Å². The van der Waals surface area contributed by atoms with Crippen LogP contribution in [0.5, 0.6) is 0 Å². The van der Waals surface area contributed by atoms with Gasteiger partial charge in [-0.05, 0) is 36.8 Å². The van der Waals surface area contributed by atoms with Crippen LogP contribution in [-0.4, -0.2) is 24.9 Å². The van der Waals surface area contributed by atoms with Crippen LogP contribution in [0.2, 0.25) is 0 Å². The van der Waals surface area contributed by atoms with Crippen LogP contribution in [0.1, 0.15) is 12.5 Å². The highest BCUT2D eigenvalue weighted by molar-refractivity contribution is 7.80. The van der Waals surface area contributed by atoms with Crippen LogP contribution in [0.3, 0.4) is 0 Å². The minimum atomic E-state index is -0.860. The maximum atomic E-state index is 12.9. The van der Waals surface area contributed by atoms with E-state index in [1.165, 1.54) is 6.07 Å². The lowest BCUT2D eigenvalue weighted by molar-refractivity contribution is 0.179. The monoisotopic (exact) mass is 274 g/mol. The fourth-order valence-corrected chi connectivity index (χ4v) is 1.67. The molecule has 2 N–H and O–H groups in total. The van der Waals surface area contributed by atoms with Crippen LogP contribution in [-0.2, 0) is 11.3 Å². The largest absolute Gasteiger partial charge is 0.383 e. The van der Waals surface area contributed by atoms with Crippen LogP contribution < -0.4 is 10.6 Å². The van der Waals surface area contributed by atoms with Crippen molar-refractivity contribution in [1.82, 2.24) is 10.6 Å². The molecule has 0 aliphatic heterocycles. The Hall–Kier alpha value is -1.27. The predicted molar refractivity (Wildman–Crippen MR) is 70.3 cm³/mol. The molecule has 1 unspecified atom stereocenters. The van der Waals surface area contributed by atoms with Crippen LogP contribution >= 0.6 is 12.2 Å². The molecule has 0 saturated heterocycles. The average Bonchev–Trinajstić information content (AvgIpc) is 2.31. The van der Waals surface area contributed by atoms with Crippen molar-refractivity contribution in [2.75, 3.05) is 13.7 Å². The molecule has 3 nitrogen and oxygen atoms in total. The second kappa shape index (κ2) is 7.23. The van der Waals surface area contributed by atoms with E-state index in [0.717, 1.165) is 12.1 Å². The van der Waals surface area contributed by atoms with Gasteiger partial charge in [0.2, 0.25) is 0 Å². The standard InChI is InChI=1S/C12H16F2N2OS/c1-8(7-17-2)16-12(18)15-6-9-3-4-10(13)11(14)5-9/h3-5,8H,6-7H2,1-2H3,(H2,15,16,18). The number of halogens is 2. The van der Waals surface area contributed by atoms with Crippen LogP contribution in [0.25, 0.3) is 0 Å². The van der Waals surface area contributed by atoms with Gasteiger partial charge in [0.05, 0.1) is 6.61 Å². The van der Waals surface area contributed by atoms with Gasteiger partial charge >= 0.3 is 0 Å². The topological polar surface area (TPSA) is 33.3 Å². The average molecular weight is 274 g/mol. The number of benzene rings is 1. The van der Waals surface area contributed by atoms with E-state index in [1.807, 2.05) is 6.92 Å². The van der Waals surface area contributed by atoms with Gasteiger partial charge in [-0.15, -0.1) is 0 Å². The van der Waals surface area contributed by atoms with Gasteiger partial charge in [-0.3, -0.25) is 0 Å². The molecule has 1 aromatic rings. The first kappa shape index (κ1) is 14.8. The van der Waals surface area contributed by atoms with E-state index in [2.05, 4.69) is 10.6 Å². The third-order valence-corrected chi connectivity index (χ3v) is 2.49. The number of ether oxygens (including phenoxy) is 1. The molecule has 1 atom stereocenters. The molecular weight excluding hydrogens is 258 g/mol. The van der Waals surface area contributed by atoms with Crippen molar-refractivity contribution in [3.63, 3.8) is 0 Å². The van der Waals surface area contributed by atoms with E-state index < -0.39 is 11.6 Å². The predicted octanol–water partition coefficient (Wildman–Crippen LogP) is 1.96. The first-order valence-corrected chi connectivity index (χ1v) is 5.91. The Morgan fingerprint density at radius 3 is 2.72 bits per heavy atom. The Bertz CT molecular complexity index is 415. The Balaban J connectivity index is 2.40. The summed E-state index contributed by atoms with van der Waals surface area (Å²) < 4.78 is 30.6. The maximum Gasteiger partial charge on any atom is 0.166 e. The van der Waals surface area contributed by atoms with Gasteiger partial charge in [0.15, 0.2) is 16.7 Å². The van der Waals surface area contributed by atoms with Crippen LogP contribution in [0.15, 0.2) is 18.2 Å². The highest BCUT2D eigenvalue weighted by Gasteiger charge is 2.05. The number of hydrogen-bond acceptors (Lipinski definition) is 2. The normalized spacial score (nSPS) is 12.0. The molecular formula is C12H16F2N2OS. The molecule has 6 heteroatoms. The summed E-state index contributed by atoms with van der Waals surface area (Å²) in [5.74, 6) is -1.71. The van der Waals surface area contributed by atoms with Crippen molar-refractivity contribution in [3.05, 3.63) is 35.4 Å². The summed E-state index contributed by atoms with van der Waals surface area (Å²) in [5, 5.41) is 6.36. The molecule has 0 saturated carbocycles. The summed E-state index contributed by atoms with van der Waals surface area (Å²) in [6.45, 7) is 2.80. The first-order chi connectivity index (χ1) is 8.52. The summed E-state index contributed by atoms with van der Waals surface area (Å²) in [7, 11) is 1.61. The van der Waals surface area contributed by atoms with E-state index in [1.54, 1.807) is 7.11 Å². The zero-order valence-corrected chi connectivity index (χ0v) is 11.1. The lowest BCUT2D eigenvalue weighted by atomic mass is 10.2. The fourth-order valence-electron chi connectivity index (χ4n) is 1.40. The summed E-state index contributed by atoms with van der Waals surface area (Å²) in [6, 6.07) is 3.83. The van der Waals surface area contributed by atoms with E-state index >= 15 is 0 Å². The first-order valence-electron chi connectivity index (χ1n) is 5.50. The maximum absolute atomic E-state index is 12.9. The quantitative estimate of drug-likeness (QED) is 0.804. The summed E-state index contributed by atoms with van der Waals surface area (Å²) in [4.78, 5) is 0. The van der Waals surface area contributed by atoms with Gasteiger partial charge in [0, 0.05) is 19.7 Å². The van der Waals surface area contributed by atoms with E-state index in [-0.39, 0.29) is 6.04 Å².